The van der Waals surface area contributed by atoms with Crippen molar-refractivity contribution in [2.45, 2.75) is 39.2 Å². The summed E-state index contributed by atoms with van der Waals surface area (Å²) in [6, 6.07) is 5.89. The molecule has 1 aromatic carbocycles. The van der Waals surface area contributed by atoms with Gasteiger partial charge < -0.3 is 5.73 Å². The highest BCUT2D eigenvalue weighted by atomic mass is 35.5. The first-order chi connectivity index (χ1) is 10.0. The van der Waals surface area contributed by atoms with Crippen molar-refractivity contribution in [2.24, 2.45) is 11.8 Å². The number of anilines is 1. The van der Waals surface area contributed by atoms with E-state index in [-0.39, 0.29) is 0 Å². The number of hydrogen-bond donors (Lipinski definition) is 1. The summed E-state index contributed by atoms with van der Waals surface area (Å²) in [5, 5.41) is 12.8. The quantitative estimate of drug-likeness (QED) is 0.861. The highest BCUT2D eigenvalue weighted by Crippen LogP contribution is 2.37. The SMILES string of the molecule is CC1CC(C)CC(n2nnnc2-c2ccc(N)c(Cl)c2)C1. The Balaban J connectivity index is 1.95. The van der Waals surface area contributed by atoms with E-state index in [1.54, 1.807) is 6.07 Å². The standard InChI is InChI=1S/C15H20ClN5/c1-9-5-10(2)7-12(6-9)21-15(18-19-20-21)11-3-4-14(17)13(16)8-11/h3-4,8-10,12H,5-7,17H2,1-2H3. The summed E-state index contributed by atoms with van der Waals surface area (Å²) >= 11 is 6.11. The Morgan fingerprint density at radius 2 is 1.90 bits per heavy atom. The molecule has 6 heteroatoms. The summed E-state index contributed by atoms with van der Waals surface area (Å²) in [7, 11) is 0. The van der Waals surface area contributed by atoms with Crippen LogP contribution in [-0.4, -0.2) is 20.2 Å². The van der Waals surface area contributed by atoms with Crippen LogP contribution in [0.15, 0.2) is 18.2 Å². The third kappa shape index (κ3) is 2.88. The molecule has 1 aromatic heterocycles. The summed E-state index contributed by atoms with van der Waals surface area (Å²) in [5.74, 6) is 2.17. The predicted molar refractivity (Wildman–Crippen MR) is 83.9 cm³/mol. The minimum absolute atomic E-state index is 0.352. The van der Waals surface area contributed by atoms with Crippen molar-refractivity contribution in [3.63, 3.8) is 0 Å². The van der Waals surface area contributed by atoms with Gasteiger partial charge in [-0.2, -0.15) is 0 Å². The molecule has 2 atom stereocenters. The molecule has 1 heterocycles. The first-order valence-corrected chi connectivity index (χ1v) is 7.75. The van der Waals surface area contributed by atoms with Gasteiger partial charge >= 0.3 is 0 Å². The van der Waals surface area contributed by atoms with Crippen LogP contribution in [0.25, 0.3) is 11.4 Å². The van der Waals surface area contributed by atoms with E-state index >= 15 is 0 Å². The van der Waals surface area contributed by atoms with Crippen molar-refractivity contribution in [2.75, 3.05) is 5.73 Å². The molecule has 1 saturated carbocycles. The molecule has 0 aliphatic heterocycles. The van der Waals surface area contributed by atoms with Crippen LogP contribution in [0.1, 0.15) is 39.2 Å². The van der Waals surface area contributed by atoms with Crippen LogP contribution < -0.4 is 5.73 Å². The van der Waals surface area contributed by atoms with E-state index < -0.39 is 0 Å². The average molecular weight is 306 g/mol. The zero-order valence-corrected chi connectivity index (χ0v) is 13.1. The number of halogens is 1. The molecule has 0 spiro atoms. The number of rotatable bonds is 2. The van der Waals surface area contributed by atoms with Crippen molar-refractivity contribution in [3.8, 4) is 11.4 Å². The van der Waals surface area contributed by atoms with Gasteiger partial charge in [0.25, 0.3) is 0 Å². The highest BCUT2D eigenvalue weighted by Gasteiger charge is 2.28. The maximum atomic E-state index is 6.11. The Kier molecular flexibility index (Phi) is 3.85. The van der Waals surface area contributed by atoms with E-state index in [4.69, 9.17) is 17.3 Å². The molecule has 112 valence electrons. The van der Waals surface area contributed by atoms with Crippen LogP contribution in [0.5, 0.6) is 0 Å². The van der Waals surface area contributed by atoms with Gasteiger partial charge in [-0.1, -0.05) is 25.4 Å². The number of nitrogens with zero attached hydrogens (tertiary/aromatic N) is 4. The van der Waals surface area contributed by atoms with Crippen LogP contribution in [0, 0.1) is 11.8 Å². The van der Waals surface area contributed by atoms with Gasteiger partial charge in [0, 0.05) is 5.56 Å². The summed E-state index contributed by atoms with van der Waals surface area (Å²) in [6.45, 7) is 4.60. The van der Waals surface area contributed by atoms with Crippen molar-refractivity contribution in [1.29, 1.82) is 0 Å². The molecule has 0 bridgehead atoms. The molecule has 2 N–H and O–H groups in total. The molecule has 3 rings (SSSR count). The topological polar surface area (TPSA) is 69.6 Å². The Morgan fingerprint density at radius 1 is 1.19 bits per heavy atom. The number of nitrogen functional groups attached to an aromatic ring is 1. The van der Waals surface area contributed by atoms with Crippen LogP contribution in [0.4, 0.5) is 5.69 Å². The van der Waals surface area contributed by atoms with E-state index in [0.29, 0.717) is 28.6 Å². The second kappa shape index (κ2) is 5.64. The third-order valence-corrected chi connectivity index (χ3v) is 4.58. The van der Waals surface area contributed by atoms with Crippen molar-refractivity contribution in [1.82, 2.24) is 20.2 Å². The number of benzene rings is 1. The summed E-state index contributed by atoms with van der Waals surface area (Å²) < 4.78 is 1.95. The molecule has 2 aromatic rings. The molecule has 0 radical (unpaired) electrons. The fraction of sp³-hybridized carbons (Fsp3) is 0.533. The Morgan fingerprint density at radius 3 is 2.57 bits per heavy atom. The molecular formula is C15H20ClN5. The van der Waals surface area contributed by atoms with Gasteiger partial charge in [-0.05, 0) is 59.7 Å². The lowest BCUT2D eigenvalue weighted by atomic mass is 9.80. The molecule has 2 unspecified atom stereocenters. The highest BCUT2D eigenvalue weighted by molar-refractivity contribution is 6.33. The van der Waals surface area contributed by atoms with Gasteiger partial charge in [0.1, 0.15) is 0 Å². The van der Waals surface area contributed by atoms with Gasteiger partial charge in [0.05, 0.1) is 16.8 Å². The monoisotopic (exact) mass is 305 g/mol. The minimum atomic E-state index is 0.352. The number of nitrogens with two attached hydrogens (primary N) is 1. The first kappa shape index (κ1) is 14.3. The normalized spacial score (nSPS) is 26.0. The molecular weight excluding hydrogens is 286 g/mol. The molecule has 1 aliphatic carbocycles. The van der Waals surface area contributed by atoms with Gasteiger partial charge in [0.2, 0.25) is 0 Å². The van der Waals surface area contributed by atoms with Crippen LogP contribution >= 0.6 is 11.6 Å². The van der Waals surface area contributed by atoms with Crippen LogP contribution in [-0.2, 0) is 0 Å². The fourth-order valence-corrected chi connectivity index (χ4v) is 3.58. The van der Waals surface area contributed by atoms with E-state index in [1.165, 1.54) is 6.42 Å². The second-order valence-electron chi connectivity index (χ2n) is 6.25. The van der Waals surface area contributed by atoms with Gasteiger partial charge in [-0.15, -0.1) is 5.10 Å². The maximum absolute atomic E-state index is 6.11. The Labute approximate surface area is 129 Å². The molecule has 5 nitrogen and oxygen atoms in total. The summed E-state index contributed by atoms with van der Waals surface area (Å²) in [4.78, 5) is 0. The van der Waals surface area contributed by atoms with Crippen molar-refractivity contribution >= 4 is 17.3 Å². The minimum Gasteiger partial charge on any atom is -0.398 e. The lowest BCUT2D eigenvalue weighted by molar-refractivity contribution is 0.209. The predicted octanol–water partition coefficient (Wildman–Crippen LogP) is 3.57. The molecule has 1 aliphatic rings. The molecule has 0 amide bonds. The average Bonchev–Trinajstić information content (AvgIpc) is 2.90. The second-order valence-corrected chi connectivity index (χ2v) is 6.66. The maximum Gasteiger partial charge on any atom is 0.182 e. The van der Waals surface area contributed by atoms with Crippen LogP contribution in [0.3, 0.4) is 0 Å². The largest absolute Gasteiger partial charge is 0.398 e. The first-order valence-electron chi connectivity index (χ1n) is 7.38. The smallest absolute Gasteiger partial charge is 0.182 e. The number of aromatic nitrogens is 4. The molecule has 0 saturated heterocycles. The number of hydrogen-bond acceptors (Lipinski definition) is 4. The third-order valence-electron chi connectivity index (χ3n) is 4.25. The van der Waals surface area contributed by atoms with Gasteiger partial charge in [-0.3, -0.25) is 0 Å². The summed E-state index contributed by atoms with van der Waals surface area (Å²) in [6.07, 6.45) is 3.51. The molecule has 21 heavy (non-hydrogen) atoms. The van der Waals surface area contributed by atoms with E-state index in [9.17, 15) is 0 Å². The zero-order chi connectivity index (χ0) is 15.0. The van der Waals surface area contributed by atoms with Crippen molar-refractivity contribution in [3.05, 3.63) is 23.2 Å². The number of tetrazole rings is 1. The van der Waals surface area contributed by atoms with Crippen LogP contribution in [0.2, 0.25) is 5.02 Å². The van der Waals surface area contributed by atoms with Gasteiger partial charge in [-0.25, -0.2) is 4.68 Å². The molecule has 1 fully saturated rings. The lowest BCUT2D eigenvalue weighted by Gasteiger charge is -2.31. The fourth-order valence-electron chi connectivity index (χ4n) is 3.40. The summed E-state index contributed by atoms with van der Waals surface area (Å²) in [5.41, 5.74) is 7.25. The zero-order valence-electron chi connectivity index (χ0n) is 12.3. The lowest BCUT2D eigenvalue weighted by Crippen LogP contribution is -2.24. The van der Waals surface area contributed by atoms with E-state index in [1.807, 2.05) is 16.8 Å². The van der Waals surface area contributed by atoms with Crippen molar-refractivity contribution < 1.29 is 0 Å². The van der Waals surface area contributed by atoms with E-state index in [2.05, 4.69) is 29.4 Å². The Bertz CT molecular complexity index is 629. The van der Waals surface area contributed by atoms with Gasteiger partial charge in [0.15, 0.2) is 5.82 Å². The van der Waals surface area contributed by atoms with E-state index in [0.717, 1.165) is 24.2 Å². The Hall–Kier alpha value is -1.62.